The topological polar surface area (TPSA) is 86.0 Å². The van der Waals surface area contributed by atoms with Crippen LogP contribution in [0, 0.1) is 0 Å². The van der Waals surface area contributed by atoms with Gasteiger partial charge >= 0.3 is 5.97 Å². The number of fused-ring (bicyclic) bond motifs is 1. The van der Waals surface area contributed by atoms with Gasteiger partial charge in [0.1, 0.15) is 23.3 Å². The molecule has 3 aromatic rings. The molecule has 0 bridgehead atoms. The van der Waals surface area contributed by atoms with Crippen molar-refractivity contribution in [2.24, 2.45) is 0 Å². The second kappa shape index (κ2) is 7.53. The highest BCUT2D eigenvalue weighted by Gasteiger charge is 2.16. The Hall–Kier alpha value is -3.28. The standard InChI is InChI=1S/C21H20O6/c1-12(2)15-6-4-5-7-17(15)27-19-11-25-18-10-14(26-13(3)21(23)24)8-9-16(18)20(19)22/h4-13H,1-3H3,(H,23,24). The van der Waals surface area contributed by atoms with Gasteiger partial charge in [-0.25, -0.2) is 4.79 Å². The highest BCUT2D eigenvalue weighted by atomic mass is 16.5. The molecule has 0 saturated carbocycles. The lowest BCUT2D eigenvalue weighted by Gasteiger charge is -2.13. The smallest absolute Gasteiger partial charge is 0.344 e. The van der Waals surface area contributed by atoms with Crippen molar-refractivity contribution in [1.82, 2.24) is 0 Å². The average Bonchev–Trinajstić information content (AvgIpc) is 2.64. The predicted octanol–water partition coefficient (Wildman–Crippen LogP) is 4.56. The summed E-state index contributed by atoms with van der Waals surface area (Å²) in [7, 11) is 0. The van der Waals surface area contributed by atoms with Crippen LogP contribution in [0.3, 0.4) is 0 Å². The maximum absolute atomic E-state index is 12.7. The van der Waals surface area contributed by atoms with E-state index in [0.29, 0.717) is 22.5 Å². The Labute approximate surface area is 156 Å². The molecule has 1 unspecified atom stereocenters. The third kappa shape index (κ3) is 3.95. The summed E-state index contributed by atoms with van der Waals surface area (Å²) in [5.74, 6) is 0.158. The summed E-state index contributed by atoms with van der Waals surface area (Å²) in [4.78, 5) is 23.6. The van der Waals surface area contributed by atoms with Crippen LogP contribution < -0.4 is 14.9 Å². The molecular weight excluding hydrogens is 348 g/mol. The molecular formula is C21H20O6. The summed E-state index contributed by atoms with van der Waals surface area (Å²) < 4.78 is 16.6. The fraction of sp³-hybridized carbons (Fsp3) is 0.238. The van der Waals surface area contributed by atoms with Crippen molar-refractivity contribution in [3.8, 4) is 17.2 Å². The third-order valence-corrected chi connectivity index (χ3v) is 4.14. The number of benzene rings is 2. The second-order valence-electron chi connectivity index (χ2n) is 6.48. The van der Waals surface area contributed by atoms with Gasteiger partial charge < -0.3 is 19.0 Å². The molecule has 0 aliphatic heterocycles. The number of aliphatic carboxylic acids is 1. The number of hydrogen-bond donors (Lipinski definition) is 1. The van der Waals surface area contributed by atoms with Gasteiger partial charge in [-0.3, -0.25) is 4.79 Å². The zero-order valence-electron chi connectivity index (χ0n) is 15.3. The minimum atomic E-state index is -1.08. The van der Waals surface area contributed by atoms with Crippen molar-refractivity contribution in [2.45, 2.75) is 32.8 Å². The number of carboxylic acids is 1. The lowest BCUT2D eigenvalue weighted by molar-refractivity contribution is -0.144. The molecule has 2 aromatic carbocycles. The Morgan fingerprint density at radius 3 is 2.52 bits per heavy atom. The van der Waals surface area contributed by atoms with Crippen LogP contribution in [0.15, 0.2) is 57.9 Å². The van der Waals surface area contributed by atoms with E-state index in [1.165, 1.54) is 31.4 Å². The first-order valence-electron chi connectivity index (χ1n) is 8.58. The quantitative estimate of drug-likeness (QED) is 0.686. The van der Waals surface area contributed by atoms with Gasteiger partial charge in [-0.15, -0.1) is 0 Å². The number of ether oxygens (including phenoxy) is 2. The van der Waals surface area contributed by atoms with E-state index in [4.69, 9.17) is 19.0 Å². The van der Waals surface area contributed by atoms with Gasteiger partial charge in [0, 0.05) is 6.07 Å². The molecule has 1 atom stereocenters. The first kappa shape index (κ1) is 18.5. The van der Waals surface area contributed by atoms with Crippen molar-refractivity contribution in [1.29, 1.82) is 0 Å². The zero-order valence-corrected chi connectivity index (χ0v) is 15.3. The van der Waals surface area contributed by atoms with E-state index < -0.39 is 12.1 Å². The Kier molecular flexibility index (Phi) is 5.16. The van der Waals surface area contributed by atoms with E-state index in [2.05, 4.69) is 0 Å². The predicted molar refractivity (Wildman–Crippen MR) is 101 cm³/mol. The molecule has 140 valence electrons. The summed E-state index contributed by atoms with van der Waals surface area (Å²) in [6.07, 6.45) is 0.246. The minimum absolute atomic E-state index is 0.0863. The third-order valence-electron chi connectivity index (χ3n) is 4.14. The van der Waals surface area contributed by atoms with Crippen LogP contribution in [0.1, 0.15) is 32.3 Å². The number of carboxylic acid groups (broad SMARTS) is 1. The van der Waals surface area contributed by atoms with Gasteiger partial charge in [-0.05, 0) is 36.6 Å². The summed E-state index contributed by atoms with van der Waals surface area (Å²) in [5, 5.41) is 9.25. The second-order valence-corrected chi connectivity index (χ2v) is 6.48. The lowest BCUT2D eigenvalue weighted by atomic mass is 10.0. The Morgan fingerprint density at radius 2 is 1.81 bits per heavy atom. The van der Waals surface area contributed by atoms with Crippen LogP contribution in [0.2, 0.25) is 0 Å². The van der Waals surface area contributed by atoms with E-state index >= 15 is 0 Å². The van der Waals surface area contributed by atoms with Crippen molar-refractivity contribution < 1.29 is 23.8 Å². The monoisotopic (exact) mass is 368 g/mol. The average molecular weight is 368 g/mol. The minimum Gasteiger partial charge on any atom is -0.479 e. The molecule has 0 fully saturated rings. The molecule has 6 nitrogen and oxygen atoms in total. The Bertz CT molecular complexity index is 1030. The van der Waals surface area contributed by atoms with E-state index in [1.54, 1.807) is 0 Å². The van der Waals surface area contributed by atoms with Crippen molar-refractivity contribution in [3.63, 3.8) is 0 Å². The highest BCUT2D eigenvalue weighted by molar-refractivity contribution is 5.79. The summed E-state index contributed by atoms with van der Waals surface area (Å²) >= 11 is 0. The van der Waals surface area contributed by atoms with Crippen LogP contribution in [0.4, 0.5) is 0 Å². The zero-order chi connectivity index (χ0) is 19.6. The maximum Gasteiger partial charge on any atom is 0.344 e. The number of hydrogen-bond acceptors (Lipinski definition) is 5. The van der Waals surface area contributed by atoms with E-state index in [9.17, 15) is 9.59 Å². The summed E-state index contributed by atoms with van der Waals surface area (Å²) in [6.45, 7) is 5.52. The lowest BCUT2D eigenvalue weighted by Crippen LogP contribution is -2.22. The first-order chi connectivity index (χ1) is 12.9. The van der Waals surface area contributed by atoms with Gasteiger partial charge in [0.15, 0.2) is 6.10 Å². The van der Waals surface area contributed by atoms with Crippen LogP contribution in [0.25, 0.3) is 11.0 Å². The molecule has 0 spiro atoms. The highest BCUT2D eigenvalue weighted by Crippen LogP contribution is 2.30. The maximum atomic E-state index is 12.7. The molecule has 0 amide bonds. The summed E-state index contributed by atoms with van der Waals surface area (Å²) in [5.41, 5.74) is 0.968. The fourth-order valence-electron chi connectivity index (χ4n) is 2.66. The molecule has 1 N–H and O–H groups in total. The normalized spacial score (nSPS) is 12.1. The molecule has 0 aliphatic rings. The molecule has 6 heteroatoms. The molecule has 1 aromatic heterocycles. The van der Waals surface area contributed by atoms with E-state index in [-0.39, 0.29) is 17.1 Å². The van der Waals surface area contributed by atoms with Crippen molar-refractivity contribution in [3.05, 3.63) is 64.5 Å². The van der Waals surface area contributed by atoms with Gasteiger partial charge in [0.05, 0.1) is 5.39 Å². The molecule has 0 saturated heterocycles. The Balaban J connectivity index is 1.94. The number of carbonyl (C=O) groups is 1. The first-order valence-corrected chi connectivity index (χ1v) is 8.58. The van der Waals surface area contributed by atoms with Crippen molar-refractivity contribution >= 4 is 16.9 Å². The fourth-order valence-corrected chi connectivity index (χ4v) is 2.66. The van der Waals surface area contributed by atoms with Crippen molar-refractivity contribution in [2.75, 3.05) is 0 Å². The molecule has 0 radical (unpaired) electrons. The van der Waals surface area contributed by atoms with Gasteiger partial charge in [0.2, 0.25) is 11.2 Å². The molecule has 3 rings (SSSR count). The number of para-hydroxylation sites is 1. The molecule has 1 heterocycles. The van der Waals surface area contributed by atoms with Gasteiger partial charge in [0.25, 0.3) is 0 Å². The SMILES string of the molecule is CC(Oc1ccc2c(=O)c(Oc3ccccc3C(C)C)coc2c1)C(=O)O. The largest absolute Gasteiger partial charge is 0.479 e. The van der Waals surface area contributed by atoms with Crippen LogP contribution >= 0.6 is 0 Å². The molecule has 27 heavy (non-hydrogen) atoms. The molecule has 0 aliphatic carbocycles. The van der Waals surface area contributed by atoms with Gasteiger partial charge in [-0.2, -0.15) is 0 Å². The number of rotatable bonds is 6. The Morgan fingerprint density at radius 1 is 1.07 bits per heavy atom. The van der Waals surface area contributed by atoms with Crippen LogP contribution in [0.5, 0.6) is 17.2 Å². The van der Waals surface area contributed by atoms with E-state index in [1.807, 2.05) is 38.1 Å². The van der Waals surface area contributed by atoms with E-state index in [0.717, 1.165) is 5.56 Å². The van der Waals surface area contributed by atoms with Gasteiger partial charge in [-0.1, -0.05) is 32.0 Å². The summed E-state index contributed by atoms with van der Waals surface area (Å²) in [6, 6.07) is 12.1. The van der Waals surface area contributed by atoms with Crippen LogP contribution in [-0.2, 0) is 4.79 Å². The van der Waals surface area contributed by atoms with Crippen LogP contribution in [-0.4, -0.2) is 17.2 Å².